The van der Waals surface area contributed by atoms with E-state index in [1.54, 1.807) is 0 Å². The maximum absolute atomic E-state index is 13.3. The van der Waals surface area contributed by atoms with E-state index in [-0.39, 0.29) is 20.9 Å². The van der Waals surface area contributed by atoms with Crippen molar-refractivity contribution < 1.29 is 43.2 Å². The van der Waals surface area contributed by atoms with Gasteiger partial charge in [0, 0.05) is 5.02 Å². The van der Waals surface area contributed by atoms with Gasteiger partial charge in [0.05, 0.1) is 26.6 Å². The highest BCUT2D eigenvalue weighted by Crippen LogP contribution is 2.36. The Balaban J connectivity index is 2.28. The van der Waals surface area contributed by atoms with Crippen LogP contribution in [0.3, 0.4) is 0 Å². The van der Waals surface area contributed by atoms with Crippen LogP contribution in [0.4, 0.5) is 32.0 Å². The zero-order chi connectivity index (χ0) is 25.5. The number of alkyl halides is 6. The normalized spacial score (nSPS) is 13.0. The highest BCUT2D eigenvalue weighted by Gasteiger charge is 2.40. The zero-order valence-corrected chi connectivity index (χ0v) is 18.9. The summed E-state index contributed by atoms with van der Waals surface area (Å²) in [5, 5.41) is 0.0663. The van der Waals surface area contributed by atoms with Gasteiger partial charge in [0.15, 0.2) is 0 Å². The molecule has 0 spiro atoms. The molecule has 14 heteroatoms. The molecule has 0 amide bonds. The van der Waals surface area contributed by atoms with Crippen molar-refractivity contribution in [1.82, 2.24) is 0 Å². The van der Waals surface area contributed by atoms with E-state index in [0.717, 1.165) is 48.5 Å². The summed E-state index contributed by atoms with van der Waals surface area (Å²) in [6.07, 6.45) is -9.90. The minimum absolute atomic E-state index is 0.0663. The first-order valence-corrected chi connectivity index (χ1v) is 12.2. The molecule has 0 aromatic heterocycles. The third-order valence-corrected chi connectivity index (χ3v) is 8.82. The second-order valence-electron chi connectivity index (χ2n) is 6.73. The van der Waals surface area contributed by atoms with Crippen molar-refractivity contribution >= 4 is 37.3 Å². The molecule has 0 aliphatic rings. The van der Waals surface area contributed by atoms with Gasteiger partial charge in [0.1, 0.15) is 0 Å². The summed E-state index contributed by atoms with van der Waals surface area (Å²) in [5.74, 6) is 0. The van der Waals surface area contributed by atoms with Gasteiger partial charge in [0.25, 0.3) is 20.0 Å². The molecule has 0 saturated heterocycles. The molecule has 3 aromatic carbocycles. The average Bonchev–Trinajstić information content (AvgIpc) is 2.74. The number of sulfonamides is 2. The Morgan fingerprint density at radius 1 is 0.618 bits per heavy atom. The van der Waals surface area contributed by atoms with E-state index in [9.17, 15) is 43.2 Å². The highest BCUT2D eigenvalue weighted by atomic mass is 35.5. The molecule has 0 atom stereocenters. The number of rotatable bonds is 5. The van der Waals surface area contributed by atoms with Crippen LogP contribution >= 0.6 is 11.6 Å². The van der Waals surface area contributed by atoms with Crippen LogP contribution in [-0.4, -0.2) is 16.8 Å². The molecule has 0 radical (unpaired) electrons. The lowest BCUT2D eigenvalue weighted by molar-refractivity contribution is -0.138. The molecule has 0 heterocycles. The van der Waals surface area contributed by atoms with Crippen LogP contribution in [0.2, 0.25) is 5.02 Å². The van der Waals surface area contributed by atoms with Crippen molar-refractivity contribution in [2.24, 2.45) is 0 Å². The van der Waals surface area contributed by atoms with E-state index >= 15 is 0 Å². The summed E-state index contributed by atoms with van der Waals surface area (Å²) in [6, 6.07) is 8.67. The van der Waals surface area contributed by atoms with Crippen LogP contribution in [0.1, 0.15) is 11.1 Å². The minimum atomic E-state index is -5.28. The highest BCUT2D eigenvalue weighted by molar-refractivity contribution is 8.10. The van der Waals surface area contributed by atoms with Gasteiger partial charge in [0.2, 0.25) is 0 Å². The fraction of sp³-hybridized carbons (Fsp3) is 0.100. The molecule has 0 saturated carbocycles. The lowest BCUT2D eigenvalue weighted by Gasteiger charge is -2.25. The number of hydrogen-bond acceptors (Lipinski definition) is 4. The molecule has 0 bridgehead atoms. The Morgan fingerprint density at radius 2 is 1.00 bits per heavy atom. The molecule has 0 N–H and O–H groups in total. The van der Waals surface area contributed by atoms with E-state index in [0.29, 0.717) is 12.1 Å². The summed E-state index contributed by atoms with van der Waals surface area (Å²) in [7, 11) is -10.6. The van der Waals surface area contributed by atoms with Crippen LogP contribution in [-0.2, 0) is 32.4 Å². The summed E-state index contributed by atoms with van der Waals surface area (Å²) < 4.78 is 132. The Morgan fingerprint density at radius 3 is 1.35 bits per heavy atom. The third kappa shape index (κ3) is 5.15. The molecular weight excluding hydrogens is 532 g/mol. The number of anilines is 1. The van der Waals surface area contributed by atoms with Crippen LogP contribution in [0, 0.1) is 0 Å². The van der Waals surface area contributed by atoms with E-state index in [1.807, 2.05) is 0 Å². The fourth-order valence-corrected chi connectivity index (χ4v) is 6.74. The third-order valence-electron chi connectivity index (χ3n) is 4.39. The second-order valence-corrected chi connectivity index (χ2v) is 11.0. The van der Waals surface area contributed by atoms with Crippen LogP contribution in [0.5, 0.6) is 0 Å². The van der Waals surface area contributed by atoms with E-state index < -0.39 is 59.0 Å². The Hall–Kier alpha value is -2.77. The topological polar surface area (TPSA) is 71.5 Å². The predicted octanol–water partition coefficient (Wildman–Crippen LogP) is 5.96. The second kappa shape index (κ2) is 8.78. The predicted molar refractivity (Wildman–Crippen MR) is 111 cm³/mol. The maximum atomic E-state index is 13.3. The Kier molecular flexibility index (Phi) is 6.68. The molecule has 34 heavy (non-hydrogen) atoms. The Labute approximate surface area is 195 Å². The van der Waals surface area contributed by atoms with Crippen molar-refractivity contribution in [3.63, 3.8) is 0 Å². The monoisotopic (exact) mass is 543 g/mol. The van der Waals surface area contributed by atoms with Gasteiger partial charge in [-0.1, -0.05) is 23.7 Å². The number of halogens is 7. The van der Waals surface area contributed by atoms with Crippen LogP contribution in [0.25, 0.3) is 0 Å². The van der Waals surface area contributed by atoms with E-state index in [2.05, 4.69) is 0 Å². The zero-order valence-electron chi connectivity index (χ0n) is 16.5. The molecule has 0 aliphatic carbocycles. The first kappa shape index (κ1) is 25.8. The van der Waals surface area contributed by atoms with Gasteiger partial charge >= 0.3 is 12.4 Å². The molecule has 0 aliphatic heterocycles. The van der Waals surface area contributed by atoms with Gasteiger partial charge in [-0.2, -0.15) is 30.1 Å². The van der Waals surface area contributed by atoms with E-state index in [1.165, 1.54) is 0 Å². The molecule has 182 valence electrons. The Bertz CT molecular complexity index is 1330. The lowest BCUT2D eigenvalue weighted by Crippen LogP contribution is -2.37. The van der Waals surface area contributed by atoms with Crippen LogP contribution in [0.15, 0.2) is 82.6 Å². The standard InChI is InChI=1S/C20H12ClF6NO4S2/c21-15-7-9-16(10-8-15)28(33(29,30)17-5-1-3-13(11-17)19(22,23)24)34(31,32)18-6-2-4-14(12-18)20(25,26)27/h1-12H. The average molecular weight is 544 g/mol. The van der Waals surface area contributed by atoms with Crippen molar-refractivity contribution in [2.75, 3.05) is 3.71 Å². The van der Waals surface area contributed by atoms with Gasteiger partial charge in [-0.05, 0) is 60.7 Å². The lowest BCUT2D eigenvalue weighted by atomic mass is 10.2. The van der Waals surface area contributed by atoms with Crippen molar-refractivity contribution in [3.05, 3.63) is 88.9 Å². The van der Waals surface area contributed by atoms with Gasteiger partial charge in [-0.15, -0.1) is 0 Å². The van der Waals surface area contributed by atoms with E-state index in [4.69, 9.17) is 11.6 Å². The van der Waals surface area contributed by atoms with Gasteiger partial charge < -0.3 is 0 Å². The summed E-state index contributed by atoms with van der Waals surface area (Å²) in [5.41, 5.74) is -3.33. The molecular formula is C20H12ClF6NO4S2. The number of hydrogen-bond donors (Lipinski definition) is 0. The molecule has 0 unspecified atom stereocenters. The van der Waals surface area contributed by atoms with Gasteiger partial charge in [-0.25, -0.2) is 16.8 Å². The van der Waals surface area contributed by atoms with Crippen LogP contribution < -0.4 is 3.71 Å². The summed E-state index contributed by atoms with van der Waals surface area (Å²) >= 11 is 5.75. The van der Waals surface area contributed by atoms with Gasteiger partial charge in [-0.3, -0.25) is 0 Å². The van der Waals surface area contributed by atoms with Crippen molar-refractivity contribution in [3.8, 4) is 0 Å². The largest absolute Gasteiger partial charge is 0.416 e. The molecule has 5 nitrogen and oxygen atoms in total. The number of benzene rings is 3. The van der Waals surface area contributed by atoms with Crippen molar-refractivity contribution in [2.45, 2.75) is 22.1 Å². The minimum Gasteiger partial charge on any atom is -0.200 e. The van der Waals surface area contributed by atoms with Crippen molar-refractivity contribution in [1.29, 1.82) is 0 Å². The summed E-state index contributed by atoms with van der Waals surface area (Å²) in [6.45, 7) is 0. The molecule has 3 rings (SSSR count). The smallest absolute Gasteiger partial charge is 0.200 e. The first-order valence-electron chi connectivity index (χ1n) is 8.95. The molecule has 3 aromatic rings. The summed E-state index contributed by atoms with van der Waals surface area (Å²) in [4.78, 5) is -2.10. The fourth-order valence-electron chi connectivity index (χ4n) is 2.83. The first-order chi connectivity index (χ1) is 15.5. The SMILES string of the molecule is O=S(=O)(c1cccc(C(F)(F)F)c1)N(c1ccc(Cl)cc1)S(=O)(=O)c1cccc(C(F)(F)F)c1. The maximum Gasteiger partial charge on any atom is 0.416 e. The quantitative estimate of drug-likeness (QED) is 0.372. The number of nitrogens with zero attached hydrogens (tertiary/aromatic N) is 1. The molecule has 0 fully saturated rings.